The molecule has 1 fully saturated rings. The average Bonchev–Trinajstić information content (AvgIpc) is 2.41. The lowest BCUT2D eigenvalue weighted by molar-refractivity contribution is 0.266. The van der Waals surface area contributed by atoms with E-state index in [-0.39, 0.29) is 16.3 Å². The van der Waals surface area contributed by atoms with E-state index in [1.807, 2.05) is 12.1 Å². The maximum Gasteiger partial charge on any atom is 0.145 e. The molecule has 19 heavy (non-hydrogen) atoms. The summed E-state index contributed by atoms with van der Waals surface area (Å²) < 4.78 is 14.4. The van der Waals surface area contributed by atoms with Crippen molar-refractivity contribution in [2.45, 2.75) is 57.4 Å². The van der Waals surface area contributed by atoms with Crippen molar-refractivity contribution in [2.75, 3.05) is 6.54 Å². The molecule has 0 amide bonds. The summed E-state index contributed by atoms with van der Waals surface area (Å²) >= 11 is 5.96. The smallest absolute Gasteiger partial charge is 0.145 e. The Labute approximate surface area is 120 Å². The van der Waals surface area contributed by atoms with Gasteiger partial charge in [0.25, 0.3) is 0 Å². The molecule has 1 nitrogen and oxygen atoms in total. The number of rotatable bonds is 4. The molecular formula is C16H23ClFN. The quantitative estimate of drug-likeness (QED) is 0.846. The highest BCUT2D eigenvalue weighted by atomic mass is 35.5. The van der Waals surface area contributed by atoms with Gasteiger partial charge in [-0.25, -0.2) is 4.39 Å². The third kappa shape index (κ3) is 3.29. The third-order valence-corrected chi connectivity index (χ3v) is 4.47. The Balaban J connectivity index is 2.33. The molecule has 0 saturated heterocycles. The first kappa shape index (κ1) is 14.8. The molecule has 0 aromatic heterocycles. The van der Waals surface area contributed by atoms with Crippen molar-refractivity contribution in [3.05, 3.63) is 34.6 Å². The first-order valence-electron chi connectivity index (χ1n) is 7.23. The highest BCUT2D eigenvalue weighted by Gasteiger charge is 2.36. The second-order valence-electron chi connectivity index (χ2n) is 5.98. The van der Waals surface area contributed by atoms with E-state index in [1.165, 1.54) is 19.3 Å². The van der Waals surface area contributed by atoms with Crippen LogP contribution >= 0.6 is 11.6 Å². The van der Waals surface area contributed by atoms with Crippen LogP contribution in [0.25, 0.3) is 0 Å². The summed E-state index contributed by atoms with van der Waals surface area (Å²) in [7, 11) is 0. The predicted octanol–water partition coefficient (Wildman–Crippen LogP) is 4.68. The molecule has 1 saturated carbocycles. The van der Waals surface area contributed by atoms with Crippen LogP contribution in [0.15, 0.2) is 18.2 Å². The fraction of sp³-hybridized carbons (Fsp3) is 0.625. The zero-order valence-electron chi connectivity index (χ0n) is 11.8. The summed E-state index contributed by atoms with van der Waals surface area (Å²) in [4.78, 5) is 0. The van der Waals surface area contributed by atoms with Gasteiger partial charge in [0.15, 0.2) is 0 Å². The van der Waals surface area contributed by atoms with Crippen molar-refractivity contribution in [1.29, 1.82) is 0 Å². The van der Waals surface area contributed by atoms with Gasteiger partial charge < -0.3 is 5.32 Å². The van der Waals surface area contributed by atoms with E-state index in [4.69, 9.17) is 11.6 Å². The van der Waals surface area contributed by atoms with Crippen LogP contribution in [-0.4, -0.2) is 12.6 Å². The maximum atomic E-state index is 14.4. The Kier molecular flexibility index (Phi) is 4.86. The summed E-state index contributed by atoms with van der Waals surface area (Å²) in [6.07, 6.45) is 5.69. The molecule has 0 atom stereocenters. The van der Waals surface area contributed by atoms with Crippen molar-refractivity contribution >= 4 is 11.6 Å². The summed E-state index contributed by atoms with van der Waals surface area (Å²) in [6.45, 7) is 5.09. The first-order chi connectivity index (χ1) is 9.05. The number of nitrogens with one attached hydrogen (secondary N) is 1. The lowest BCUT2D eigenvalue weighted by atomic mass is 9.69. The monoisotopic (exact) mass is 283 g/mol. The van der Waals surface area contributed by atoms with E-state index in [9.17, 15) is 4.39 Å². The van der Waals surface area contributed by atoms with Crippen molar-refractivity contribution in [3.63, 3.8) is 0 Å². The van der Waals surface area contributed by atoms with Crippen LogP contribution in [0.5, 0.6) is 0 Å². The number of hydrogen-bond acceptors (Lipinski definition) is 1. The van der Waals surface area contributed by atoms with Crippen LogP contribution in [0.3, 0.4) is 0 Å². The van der Waals surface area contributed by atoms with Crippen LogP contribution < -0.4 is 5.32 Å². The van der Waals surface area contributed by atoms with Gasteiger partial charge in [-0.15, -0.1) is 0 Å². The van der Waals surface area contributed by atoms with Gasteiger partial charge >= 0.3 is 0 Å². The van der Waals surface area contributed by atoms with Gasteiger partial charge in [-0.1, -0.05) is 56.8 Å². The highest BCUT2D eigenvalue weighted by Crippen LogP contribution is 2.41. The molecule has 0 spiro atoms. The molecule has 2 rings (SSSR count). The molecule has 1 aliphatic carbocycles. The minimum Gasteiger partial charge on any atom is -0.314 e. The van der Waals surface area contributed by atoms with Gasteiger partial charge in [-0.3, -0.25) is 0 Å². The van der Waals surface area contributed by atoms with Crippen LogP contribution in [0.2, 0.25) is 5.02 Å². The van der Waals surface area contributed by atoms with Crippen molar-refractivity contribution in [2.24, 2.45) is 0 Å². The molecule has 0 aliphatic heterocycles. The Morgan fingerprint density at radius 3 is 2.58 bits per heavy atom. The number of halogens is 2. The average molecular weight is 284 g/mol. The summed E-state index contributed by atoms with van der Waals surface area (Å²) in [5.74, 6) is -0.225. The zero-order chi connectivity index (χ0) is 13.9. The SMILES string of the molecule is CC(C)NCC1(c2cccc(Cl)c2F)CCCCC1. The van der Waals surface area contributed by atoms with Crippen LogP contribution in [0.1, 0.15) is 51.5 Å². The van der Waals surface area contributed by atoms with Gasteiger partial charge in [0.05, 0.1) is 5.02 Å². The lowest BCUT2D eigenvalue weighted by Crippen LogP contribution is -2.42. The second-order valence-corrected chi connectivity index (χ2v) is 6.39. The second kappa shape index (κ2) is 6.23. The molecule has 0 heterocycles. The molecule has 3 heteroatoms. The van der Waals surface area contributed by atoms with Crippen molar-refractivity contribution in [3.8, 4) is 0 Å². The minimum absolute atomic E-state index is 0.0858. The summed E-state index contributed by atoms with van der Waals surface area (Å²) in [5.41, 5.74) is 0.713. The van der Waals surface area contributed by atoms with E-state index in [2.05, 4.69) is 19.2 Å². The molecule has 106 valence electrons. The van der Waals surface area contributed by atoms with Gasteiger partial charge in [0.1, 0.15) is 5.82 Å². The van der Waals surface area contributed by atoms with E-state index in [0.29, 0.717) is 6.04 Å². The fourth-order valence-electron chi connectivity index (χ4n) is 3.08. The number of hydrogen-bond donors (Lipinski definition) is 1. The van der Waals surface area contributed by atoms with E-state index >= 15 is 0 Å². The van der Waals surface area contributed by atoms with E-state index in [1.54, 1.807) is 6.07 Å². The van der Waals surface area contributed by atoms with Crippen LogP contribution in [0, 0.1) is 5.82 Å². The minimum atomic E-state index is -0.225. The Morgan fingerprint density at radius 1 is 1.26 bits per heavy atom. The van der Waals surface area contributed by atoms with Gasteiger partial charge in [-0.2, -0.15) is 0 Å². The van der Waals surface area contributed by atoms with Crippen LogP contribution in [0.4, 0.5) is 4.39 Å². The third-order valence-electron chi connectivity index (χ3n) is 4.18. The fourth-order valence-corrected chi connectivity index (χ4v) is 3.26. The molecule has 0 bridgehead atoms. The highest BCUT2D eigenvalue weighted by molar-refractivity contribution is 6.30. The topological polar surface area (TPSA) is 12.0 Å². The lowest BCUT2D eigenvalue weighted by Gasteiger charge is -2.39. The summed E-state index contributed by atoms with van der Waals surface area (Å²) in [6, 6.07) is 5.83. The molecule has 1 aromatic rings. The molecule has 0 unspecified atom stereocenters. The van der Waals surface area contributed by atoms with Crippen molar-refractivity contribution in [1.82, 2.24) is 5.32 Å². The van der Waals surface area contributed by atoms with E-state index < -0.39 is 0 Å². The molecule has 1 N–H and O–H groups in total. The molecule has 1 aliphatic rings. The first-order valence-corrected chi connectivity index (χ1v) is 7.61. The standard InChI is InChI=1S/C16H23ClFN/c1-12(2)19-11-16(9-4-3-5-10-16)13-7-6-8-14(17)15(13)18/h6-8,12,19H,3-5,9-11H2,1-2H3. The molecule has 1 aromatic carbocycles. The van der Waals surface area contributed by atoms with Crippen molar-refractivity contribution < 1.29 is 4.39 Å². The molecular weight excluding hydrogens is 261 g/mol. The largest absolute Gasteiger partial charge is 0.314 e. The van der Waals surface area contributed by atoms with Gasteiger partial charge in [0, 0.05) is 18.0 Å². The maximum absolute atomic E-state index is 14.4. The predicted molar refractivity (Wildman–Crippen MR) is 79.3 cm³/mol. The Hall–Kier alpha value is -0.600. The zero-order valence-corrected chi connectivity index (χ0v) is 12.6. The van der Waals surface area contributed by atoms with Gasteiger partial charge in [-0.05, 0) is 24.5 Å². The number of benzene rings is 1. The Bertz CT molecular complexity index is 425. The summed E-state index contributed by atoms with van der Waals surface area (Å²) in [5, 5.41) is 3.73. The van der Waals surface area contributed by atoms with Gasteiger partial charge in [0.2, 0.25) is 0 Å². The molecule has 0 radical (unpaired) electrons. The van der Waals surface area contributed by atoms with Crippen LogP contribution in [-0.2, 0) is 5.41 Å². The normalized spacial score (nSPS) is 18.8. The Morgan fingerprint density at radius 2 is 1.95 bits per heavy atom. The van der Waals surface area contributed by atoms with E-state index in [0.717, 1.165) is 24.9 Å².